The molecule has 3 unspecified atom stereocenters. The second-order valence-electron chi connectivity index (χ2n) is 10.2. The van der Waals surface area contributed by atoms with Gasteiger partial charge in [0, 0.05) is 24.9 Å². The third kappa shape index (κ3) is 11.1. The summed E-state index contributed by atoms with van der Waals surface area (Å²) < 4.78 is 24.7. The summed E-state index contributed by atoms with van der Waals surface area (Å²) in [5, 5.41) is 5.59. The average Bonchev–Trinajstić information content (AvgIpc) is 2.78. The molecular formula is C24H40N2O10. The van der Waals surface area contributed by atoms with Gasteiger partial charge in [0.15, 0.2) is 0 Å². The largest absolute Gasteiger partial charge is 0.469 e. The molecule has 0 saturated heterocycles. The molecule has 1 aliphatic rings. The minimum absolute atomic E-state index is 0.0530. The average molecular weight is 517 g/mol. The molecule has 2 amide bonds. The highest BCUT2D eigenvalue weighted by Gasteiger charge is 2.44. The standard InChI is InChI=1S/C24H40N2O10/c1-15(13-34-16(2)27)35-21(30)25-14-24(5)9-8-23(3,4)12-18(24)26-22(31)36-17(10-19(28)32-6)11-20(29)33-7/h15,17-18H,8-14H2,1-7H3,(H,25,30)(H,26,31). The molecular weight excluding hydrogens is 476 g/mol. The Balaban J connectivity index is 2.83. The van der Waals surface area contributed by atoms with Crippen molar-refractivity contribution in [1.29, 1.82) is 0 Å². The zero-order chi connectivity index (χ0) is 27.5. The van der Waals surface area contributed by atoms with Crippen LogP contribution in [0.25, 0.3) is 0 Å². The molecule has 0 aliphatic heterocycles. The van der Waals surface area contributed by atoms with Gasteiger partial charge in [0.25, 0.3) is 0 Å². The van der Waals surface area contributed by atoms with Gasteiger partial charge in [-0.2, -0.15) is 0 Å². The number of hydrogen-bond donors (Lipinski definition) is 2. The first-order chi connectivity index (χ1) is 16.7. The quantitative estimate of drug-likeness (QED) is 0.309. The molecule has 2 N–H and O–H groups in total. The predicted molar refractivity (Wildman–Crippen MR) is 127 cm³/mol. The summed E-state index contributed by atoms with van der Waals surface area (Å²) in [6, 6.07) is -0.385. The Bertz CT molecular complexity index is 782. The molecule has 12 heteroatoms. The van der Waals surface area contributed by atoms with E-state index < -0.39 is 47.7 Å². The fourth-order valence-electron chi connectivity index (χ4n) is 3.92. The summed E-state index contributed by atoms with van der Waals surface area (Å²) in [6.45, 7) is 9.14. The normalized spacial score (nSPS) is 21.5. The van der Waals surface area contributed by atoms with Crippen LogP contribution in [0, 0.1) is 10.8 Å². The van der Waals surface area contributed by atoms with E-state index in [9.17, 15) is 24.0 Å². The fourth-order valence-corrected chi connectivity index (χ4v) is 3.92. The van der Waals surface area contributed by atoms with Crippen LogP contribution in [0.1, 0.15) is 66.7 Å². The minimum Gasteiger partial charge on any atom is -0.469 e. The predicted octanol–water partition coefficient (Wildman–Crippen LogP) is 2.47. The lowest BCUT2D eigenvalue weighted by Gasteiger charge is -2.47. The number of amides is 2. The zero-order valence-electron chi connectivity index (χ0n) is 22.3. The molecule has 0 aromatic rings. The number of carbonyl (C=O) groups is 5. The molecule has 3 atom stereocenters. The Morgan fingerprint density at radius 1 is 0.917 bits per heavy atom. The molecule has 0 bridgehead atoms. The molecule has 1 fully saturated rings. The smallest absolute Gasteiger partial charge is 0.407 e. The van der Waals surface area contributed by atoms with Crippen molar-refractivity contribution in [2.75, 3.05) is 27.4 Å². The highest BCUT2D eigenvalue weighted by atomic mass is 16.6. The monoisotopic (exact) mass is 516 g/mol. The maximum atomic E-state index is 12.8. The van der Waals surface area contributed by atoms with Crippen LogP contribution in [-0.4, -0.2) is 75.7 Å². The molecule has 0 aromatic heterocycles. The second kappa shape index (κ2) is 13.9. The van der Waals surface area contributed by atoms with Crippen LogP contribution in [0.4, 0.5) is 9.59 Å². The van der Waals surface area contributed by atoms with Crippen molar-refractivity contribution in [3.05, 3.63) is 0 Å². The van der Waals surface area contributed by atoms with Crippen molar-refractivity contribution in [3.63, 3.8) is 0 Å². The van der Waals surface area contributed by atoms with Crippen molar-refractivity contribution in [2.24, 2.45) is 10.8 Å². The zero-order valence-corrected chi connectivity index (χ0v) is 22.3. The number of nitrogens with one attached hydrogen (secondary N) is 2. The Morgan fingerprint density at radius 3 is 2.03 bits per heavy atom. The van der Waals surface area contributed by atoms with Crippen molar-refractivity contribution in [3.8, 4) is 0 Å². The number of rotatable bonds is 11. The van der Waals surface area contributed by atoms with Crippen molar-refractivity contribution in [2.45, 2.75) is 85.0 Å². The van der Waals surface area contributed by atoms with Gasteiger partial charge >= 0.3 is 30.1 Å². The second-order valence-corrected chi connectivity index (χ2v) is 10.2. The summed E-state index contributed by atoms with van der Waals surface area (Å²) >= 11 is 0. The van der Waals surface area contributed by atoms with Crippen LogP contribution in [0.2, 0.25) is 0 Å². The number of carbonyl (C=O) groups excluding carboxylic acids is 5. The van der Waals surface area contributed by atoms with E-state index >= 15 is 0 Å². The third-order valence-electron chi connectivity index (χ3n) is 6.25. The van der Waals surface area contributed by atoms with E-state index in [1.54, 1.807) is 6.92 Å². The van der Waals surface area contributed by atoms with Crippen LogP contribution >= 0.6 is 0 Å². The molecule has 0 radical (unpaired) electrons. The maximum absolute atomic E-state index is 12.8. The lowest BCUT2D eigenvalue weighted by molar-refractivity contribution is -0.146. The Kier molecular flexibility index (Phi) is 11.9. The summed E-state index contributed by atoms with van der Waals surface area (Å²) in [5.74, 6) is -1.73. The van der Waals surface area contributed by atoms with Crippen LogP contribution < -0.4 is 10.6 Å². The Hall–Kier alpha value is -3.05. The van der Waals surface area contributed by atoms with E-state index in [2.05, 4.69) is 34.0 Å². The van der Waals surface area contributed by atoms with Crippen LogP contribution in [0.3, 0.4) is 0 Å². The lowest BCUT2D eigenvalue weighted by atomic mass is 9.63. The topological polar surface area (TPSA) is 156 Å². The highest BCUT2D eigenvalue weighted by molar-refractivity contribution is 5.75. The molecule has 0 aromatic carbocycles. The molecule has 0 spiro atoms. The lowest BCUT2D eigenvalue weighted by Crippen LogP contribution is -2.56. The van der Waals surface area contributed by atoms with Crippen LogP contribution in [0.15, 0.2) is 0 Å². The first-order valence-electron chi connectivity index (χ1n) is 11.9. The first-order valence-corrected chi connectivity index (χ1v) is 11.9. The molecule has 0 heterocycles. The number of methoxy groups -OCH3 is 2. The SMILES string of the molecule is COC(=O)CC(CC(=O)OC)OC(=O)NC1CC(C)(C)CCC1(C)CNC(=O)OC(C)COC(C)=O. The van der Waals surface area contributed by atoms with Crippen LogP contribution in [0.5, 0.6) is 0 Å². The van der Waals surface area contributed by atoms with Crippen LogP contribution in [-0.2, 0) is 38.1 Å². The number of hydrogen-bond acceptors (Lipinski definition) is 10. The number of alkyl carbamates (subject to hydrolysis) is 2. The van der Waals surface area contributed by atoms with Gasteiger partial charge in [-0.15, -0.1) is 0 Å². The van der Waals surface area contributed by atoms with Gasteiger partial charge in [0.1, 0.15) is 18.8 Å². The van der Waals surface area contributed by atoms with Gasteiger partial charge in [-0.1, -0.05) is 20.8 Å². The van der Waals surface area contributed by atoms with Crippen molar-refractivity contribution >= 4 is 30.1 Å². The fraction of sp³-hybridized carbons (Fsp3) is 0.792. The van der Waals surface area contributed by atoms with E-state index in [-0.39, 0.29) is 37.5 Å². The van der Waals surface area contributed by atoms with E-state index in [0.717, 1.165) is 6.42 Å². The van der Waals surface area contributed by atoms with Gasteiger partial charge in [0.2, 0.25) is 0 Å². The molecule has 1 aliphatic carbocycles. The molecule has 1 rings (SSSR count). The minimum atomic E-state index is -1.06. The van der Waals surface area contributed by atoms with Crippen molar-refractivity contribution < 1.29 is 47.7 Å². The molecule has 1 saturated carbocycles. The van der Waals surface area contributed by atoms with Gasteiger partial charge in [-0.25, -0.2) is 9.59 Å². The Morgan fingerprint density at radius 2 is 1.50 bits per heavy atom. The summed E-state index contributed by atoms with van der Waals surface area (Å²) in [7, 11) is 2.39. The molecule has 12 nitrogen and oxygen atoms in total. The van der Waals surface area contributed by atoms with E-state index in [0.29, 0.717) is 12.8 Å². The third-order valence-corrected chi connectivity index (χ3v) is 6.25. The van der Waals surface area contributed by atoms with Gasteiger partial charge in [0.05, 0.1) is 27.1 Å². The Labute approximate surface area is 212 Å². The summed E-state index contributed by atoms with van der Waals surface area (Å²) in [5.41, 5.74) is -0.610. The highest BCUT2D eigenvalue weighted by Crippen LogP contribution is 2.44. The van der Waals surface area contributed by atoms with E-state index in [4.69, 9.17) is 14.2 Å². The van der Waals surface area contributed by atoms with Gasteiger partial charge in [-0.3, -0.25) is 14.4 Å². The van der Waals surface area contributed by atoms with E-state index in [1.165, 1.54) is 21.1 Å². The van der Waals surface area contributed by atoms with E-state index in [1.807, 2.05) is 6.92 Å². The first kappa shape index (κ1) is 31.0. The molecule has 206 valence electrons. The maximum Gasteiger partial charge on any atom is 0.407 e. The van der Waals surface area contributed by atoms with Gasteiger partial charge in [-0.05, 0) is 31.6 Å². The molecule has 36 heavy (non-hydrogen) atoms. The van der Waals surface area contributed by atoms with Crippen molar-refractivity contribution in [1.82, 2.24) is 10.6 Å². The summed E-state index contributed by atoms with van der Waals surface area (Å²) in [6.07, 6.45) is -1.58. The summed E-state index contributed by atoms with van der Waals surface area (Å²) in [4.78, 5) is 59.3. The number of esters is 3. The number of ether oxygens (including phenoxy) is 5. The van der Waals surface area contributed by atoms with Gasteiger partial charge < -0.3 is 34.3 Å².